The molecule has 34 heavy (non-hydrogen) atoms. The molecule has 0 saturated carbocycles. The summed E-state index contributed by atoms with van der Waals surface area (Å²) in [6, 6.07) is 6.10. The van der Waals surface area contributed by atoms with Crippen molar-refractivity contribution in [2.75, 3.05) is 57.9 Å². The number of fused-ring (bicyclic) bond motifs is 2. The van der Waals surface area contributed by atoms with Crippen LogP contribution in [0.15, 0.2) is 24.4 Å². The summed E-state index contributed by atoms with van der Waals surface area (Å²) in [5.74, 6) is 0.816. The van der Waals surface area contributed by atoms with Crippen LogP contribution in [-0.4, -0.2) is 95.8 Å². The maximum absolute atomic E-state index is 6.55. The van der Waals surface area contributed by atoms with Crippen LogP contribution in [0, 0.1) is 0 Å². The Morgan fingerprint density at radius 3 is 2.94 bits per heavy atom. The minimum absolute atomic E-state index is 0.0487. The lowest BCUT2D eigenvalue weighted by atomic mass is 10.1. The molecular formula is C23H27ClN6O4. The first-order valence-electron chi connectivity index (χ1n) is 11.7. The molecule has 3 saturated heterocycles. The van der Waals surface area contributed by atoms with E-state index >= 15 is 0 Å². The third-order valence-electron chi connectivity index (χ3n) is 6.46. The van der Waals surface area contributed by atoms with E-state index in [2.05, 4.69) is 30.2 Å². The summed E-state index contributed by atoms with van der Waals surface area (Å²) >= 11 is 6.55. The van der Waals surface area contributed by atoms with Crippen LogP contribution in [0.1, 0.15) is 6.42 Å². The Kier molecular flexibility index (Phi) is 6.23. The molecule has 0 amide bonds. The third kappa shape index (κ3) is 4.56. The van der Waals surface area contributed by atoms with Crippen LogP contribution in [0.4, 0.5) is 5.82 Å². The highest BCUT2D eigenvalue weighted by Crippen LogP contribution is 2.32. The van der Waals surface area contributed by atoms with E-state index in [1.165, 1.54) is 0 Å². The van der Waals surface area contributed by atoms with E-state index in [1.807, 2.05) is 18.2 Å². The van der Waals surface area contributed by atoms with Gasteiger partial charge in [0.05, 0.1) is 42.2 Å². The quantitative estimate of drug-likeness (QED) is 0.520. The number of rotatable bonds is 7. The fourth-order valence-corrected chi connectivity index (χ4v) is 4.89. The van der Waals surface area contributed by atoms with Gasteiger partial charge in [0.15, 0.2) is 11.8 Å². The van der Waals surface area contributed by atoms with E-state index in [4.69, 9.17) is 30.5 Å². The molecule has 11 heteroatoms. The standard InChI is InChI=1S/C23H27ClN6O4/c24-15-11-16-22(29-23(27-16)34-18-13-33-17-3-8-32-21(17)18)28-20(15)14-1-2-19(26-12-14)25-4-5-30-6-9-31-10-7-30/h1-2,11-12,17-18,21H,3-10,13H2,(H,25,26)(H,27,28,29)/t17-,18-,21+/m1/s1. The van der Waals surface area contributed by atoms with Crippen molar-refractivity contribution in [3.05, 3.63) is 29.4 Å². The van der Waals surface area contributed by atoms with Crippen LogP contribution in [0.3, 0.4) is 0 Å². The zero-order valence-electron chi connectivity index (χ0n) is 18.7. The van der Waals surface area contributed by atoms with Gasteiger partial charge in [-0.25, -0.2) is 9.97 Å². The van der Waals surface area contributed by atoms with E-state index in [9.17, 15) is 0 Å². The highest BCUT2D eigenvalue weighted by atomic mass is 35.5. The number of hydrogen-bond acceptors (Lipinski definition) is 9. The molecule has 3 aromatic rings. The molecule has 0 unspecified atom stereocenters. The van der Waals surface area contributed by atoms with Crippen molar-refractivity contribution in [3.63, 3.8) is 0 Å². The number of aromatic nitrogens is 4. The van der Waals surface area contributed by atoms with Gasteiger partial charge in [0.2, 0.25) is 0 Å². The van der Waals surface area contributed by atoms with Gasteiger partial charge in [0, 0.05) is 44.5 Å². The maximum Gasteiger partial charge on any atom is 0.296 e. The second-order valence-electron chi connectivity index (χ2n) is 8.70. The van der Waals surface area contributed by atoms with Crippen LogP contribution in [0.25, 0.3) is 22.4 Å². The Hall–Kier alpha value is -2.50. The molecule has 180 valence electrons. The highest BCUT2D eigenvalue weighted by molar-refractivity contribution is 6.33. The molecule has 6 heterocycles. The Morgan fingerprint density at radius 2 is 2.09 bits per heavy atom. The van der Waals surface area contributed by atoms with Crippen molar-refractivity contribution in [3.8, 4) is 17.3 Å². The van der Waals surface area contributed by atoms with Crippen molar-refractivity contribution in [1.82, 2.24) is 24.8 Å². The molecule has 10 nitrogen and oxygen atoms in total. The Morgan fingerprint density at radius 1 is 1.18 bits per heavy atom. The number of aromatic amines is 1. The van der Waals surface area contributed by atoms with Crippen LogP contribution in [-0.2, 0) is 14.2 Å². The van der Waals surface area contributed by atoms with Gasteiger partial charge in [-0.3, -0.25) is 4.90 Å². The first-order chi connectivity index (χ1) is 16.7. The molecule has 0 bridgehead atoms. The number of halogens is 1. The van der Waals surface area contributed by atoms with Gasteiger partial charge in [0.1, 0.15) is 11.9 Å². The van der Waals surface area contributed by atoms with Crippen molar-refractivity contribution < 1.29 is 18.9 Å². The number of pyridine rings is 2. The summed E-state index contributed by atoms with van der Waals surface area (Å²) in [5.41, 5.74) is 2.69. The number of morpholine rings is 1. The van der Waals surface area contributed by atoms with Crippen molar-refractivity contribution in [2.24, 2.45) is 0 Å². The summed E-state index contributed by atoms with van der Waals surface area (Å²) in [4.78, 5) is 19.2. The fraction of sp³-hybridized carbons (Fsp3) is 0.522. The van der Waals surface area contributed by atoms with Gasteiger partial charge in [-0.2, -0.15) is 4.98 Å². The molecule has 3 fully saturated rings. The van der Waals surface area contributed by atoms with Crippen molar-refractivity contribution in [1.29, 1.82) is 0 Å². The second kappa shape index (κ2) is 9.63. The van der Waals surface area contributed by atoms with E-state index in [-0.39, 0.29) is 18.3 Å². The van der Waals surface area contributed by atoms with Crippen LogP contribution < -0.4 is 10.1 Å². The van der Waals surface area contributed by atoms with Gasteiger partial charge >= 0.3 is 0 Å². The molecule has 0 aromatic carbocycles. The maximum atomic E-state index is 6.55. The first-order valence-corrected chi connectivity index (χ1v) is 12.1. The zero-order valence-corrected chi connectivity index (χ0v) is 19.5. The van der Waals surface area contributed by atoms with Gasteiger partial charge in [-0.1, -0.05) is 11.6 Å². The number of anilines is 1. The monoisotopic (exact) mass is 486 g/mol. The van der Waals surface area contributed by atoms with Gasteiger partial charge < -0.3 is 29.2 Å². The number of imidazole rings is 1. The molecular weight excluding hydrogens is 460 g/mol. The smallest absolute Gasteiger partial charge is 0.296 e. The zero-order chi connectivity index (χ0) is 22.9. The fourth-order valence-electron chi connectivity index (χ4n) is 4.63. The largest absolute Gasteiger partial charge is 0.456 e. The lowest BCUT2D eigenvalue weighted by Gasteiger charge is -2.26. The Labute approximate surface area is 201 Å². The first kappa shape index (κ1) is 22.0. The average molecular weight is 487 g/mol. The minimum atomic E-state index is -0.185. The lowest BCUT2D eigenvalue weighted by Crippen LogP contribution is -2.39. The van der Waals surface area contributed by atoms with Gasteiger partial charge in [0.25, 0.3) is 6.01 Å². The normalized spacial score (nSPS) is 25.0. The van der Waals surface area contributed by atoms with Crippen molar-refractivity contribution >= 4 is 28.6 Å². The molecule has 3 aliphatic heterocycles. The average Bonchev–Trinajstić information content (AvgIpc) is 3.57. The molecule has 3 aliphatic rings. The molecule has 6 rings (SSSR count). The van der Waals surface area contributed by atoms with E-state index in [0.29, 0.717) is 41.1 Å². The predicted octanol–water partition coefficient (Wildman–Crippen LogP) is 2.35. The van der Waals surface area contributed by atoms with E-state index in [1.54, 1.807) is 6.20 Å². The summed E-state index contributed by atoms with van der Waals surface area (Å²) in [5, 5.41) is 3.88. The topological polar surface area (TPSA) is 107 Å². The molecule has 3 atom stereocenters. The van der Waals surface area contributed by atoms with E-state index < -0.39 is 0 Å². The number of H-pyrrole nitrogens is 1. The van der Waals surface area contributed by atoms with Crippen LogP contribution in [0.2, 0.25) is 5.02 Å². The van der Waals surface area contributed by atoms with Gasteiger partial charge in [-0.05, 0) is 24.6 Å². The number of ether oxygens (including phenoxy) is 4. The minimum Gasteiger partial charge on any atom is -0.456 e. The molecule has 0 radical (unpaired) electrons. The summed E-state index contributed by atoms with van der Waals surface area (Å²) < 4.78 is 22.9. The predicted molar refractivity (Wildman–Crippen MR) is 126 cm³/mol. The SMILES string of the molecule is Clc1cc2[nH]c(O[C@@H]3CO[C@@H]4CCO[C@@H]43)nc2nc1-c1ccc(NCCN2CCOCC2)nc1. The number of nitrogens with one attached hydrogen (secondary N) is 2. The molecule has 0 spiro atoms. The Bertz CT molecular complexity index is 1140. The van der Waals surface area contributed by atoms with Crippen molar-refractivity contribution in [2.45, 2.75) is 24.7 Å². The molecule has 0 aliphatic carbocycles. The summed E-state index contributed by atoms with van der Waals surface area (Å²) in [6.07, 6.45) is 2.55. The molecule has 3 aromatic heterocycles. The Balaban J connectivity index is 1.12. The van der Waals surface area contributed by atoms with E-state index in [0.717, 1.165) is 57.2 Å². The summed E-state index contributed by atoms with van der Waals surface area (Å²) in [6.45, 7) is 6.54. The lowest BCUT2D eigenvalue weighted by molar-refractivity contribution is 0.0273. The van der Waals surface area contributed by atoms with Crippen LogP contribution in [0.5, 0.6) is 6.01 Å². The summed E-state index contributed by atoms with van der Waals surface area (Å²) in [7, 11) is 0. The van der Waals surface area contributed by atoms with Crippen LogP contribution >= 0.6 is 11.6 Å². The number of nitrogens with zero attached hydrogens (tertiary/aromatic N) is 4. The van der Waals surface area contributed by atoms with Gasteiger partial charge in [-0.15, -0.1) is 0 Å². The molecule has 2 N–H and O–H groups in total. The highest BCUT2D eigenvalue weighted by Gasteiger charge is 2.43. The third-order valence-corrected chi connectivity index (χ3v) is 6.75. The second-order valence-corrected chi connectivity index (χ2v) is 9.10. The number of hydrogen-bond donors (Lipinski definition) is 2.